The first kappa shape index (κ1) is 17.1. The summed E-state index contributed by atoms with van der Waals surface area (Å²) in [4.78, 5) is 0. The SMILES string of the molecule is CCCCNCc1ccc(OC)c(OCC)c1.Cl. The Balaban J connectivity index is 0.00000289. The van der Waals surface area contributed by atoms with Gasteiger partial charge >= 0.3 is 0 Å². The van der Waals surface area contributed by atoms with Crippen LogP contribution in [0.2, 0.25) is 0 Å². The Bertz CT molecular complexity index is 332. The molecule has 4 heteroatoms. The van der Waals surface area contributed by atoms with Gasteiger partial charge in [0.2, 0.25) is 0 Å². The predicted octanol–water partition coefficient (Wildman–Crippen LogP) is 3.41. The van der Waals surface area contributed by atoms with Crippen molar-refractivity contribution >= 4 is 12.4 Å². The van der Waals surface area contributed by atoms with Gasteiger partial charge in [0.05, 0.1) is 13.7 Å². The van der Waals surface area contributed by atoms with E-state index in [1.54, 1.807) is 7.11 Å². The summed E-state index contributed by atoms with van der Waals surface area (Å²) in [7, 11) is 1.66. The molecule has 104 valence electrons. The fourth-order valence-corrected chi connectivity index (χ4v) is 1.63. The number of hydrogen-bond donors (Lipinski definition) is 1. The van der Waals surface area contributed by atoms with E-state index < -0.39 is 0 Å². The summed E-state index contributed by atoms with van der Waals surface area (Å²) in [6.07, 6.45) is 2.44. The van der Waals surface area contributed by atoms with E-state index in [-0.39, 0.29) is 12.4 Å². The number of unbranched alkanes of at least 4 members (excludes halogenated alkanes) is 1. The molecular formula is C14H24ClNO2. The van der Waals surface area contributed by atoms with Crippen LogP contribution in [-0.4, -0.2) is 20.3 Å². The molecule has 0 unspecified atom stereocenters. The number of halogens is 1. The van der Waals surface area contributed by atoms with Crippen LogP contribution in [0.15, 0.2) is 18.2 Å². The van der Waals surface area contributed by atoms with Crippen LogP contribution in [0.25, 0.3) is 0 Å². The summed E-state index contributed by atoms with van der Waals surface area (Å²) >= 11 is 0. The summed E-state index contributed by atoms with van der Waals surface area (Å²) in [6, 6.07) is 6.07. The second kappa shape index (κ2) is 10.0. The first-order valence-corrected chi connectivity index (χ1v) is 6.32. The molecule has 0 radical (unpaired) electrons. The third kappa shape index (κ3) is 5.61. The Kier molecular flexibility index (Phi) is 9.52. The third-order valence-corrected chi connectivity index (χ3v) is 2.56. The van der Waals surface area contributed by atoms with Crippen LogP contribution >= 0.6 is 12.4 Å². The highest BCUT2D eigenvalue weighted by Gasteiger charge is 2.04. The van der Waals surface area contributed by atoms with Crippen molar-refractivity contribution in [2.24, 2.45) is 0 Å². The van der Waals surface area contributed by atoms with Crippen LogP contribution < -0.4 is 14.8 Å². The van der Waals surface area contributed by atoms with Gasteiger partial charge < -0.3 is 14.8 Å². The van der Waals surface area contributed by atoms with Gasteiger partial charge in [-0.3, -0.25) is 0 Å². The maximum Gasteiger partial charge on any atom is 0.161 e. The van der Waals surface area contributed by atoms with Crippen molar-refractivity contribution in [3.63, 3.8) is 0 Å². The van der Waals surface area contributed by atoms with Gasteiger partial charge in [0.1, 0.15) is 0 Å². The van der Waals surface area contributed by atoms with E-state index in [0.717, 1.165) is 24.6 Å². The molecule has 0 saturated heterocycles. The van der Waals surface area contributed by atoms with Gasteiger partial charge in [0.25, 0.3) is 0 Å². The summed E-state index contributed by atoms with van der Waals surface area (Å²) in [5.41, 5.74) is 1.23. The van der Waals surface area contributed by atoms with Crippen molar-refractivity contribution in [2.45, 2.75) is 33.2 Å². The largest absolute Gasteiger partial charge is 0.493 e. The highest BCUT2D eigenvalue weighted by molar-refractivity contribution is 5.85. The van der Waals surface area contributed by atoms with Gasteiger partial charge in [-0.1, -0.05) is 19.4 Å². The van der Waals surface area contributed by atoms with Crippen molar-refractivity contribution in [3.8, 4) is 11.5 Å². The minimum atomic E-state index is 0. The monoisotopic (exact) mass is 273 g/mol. The van der Waals surface area contributed by atoms with E-state index >= 15 is 0 Å². The summed E-state index contributed by atoms with van der Waals surface area (Å²) in [6.45, 7) is 6.77. The zero-order valence-electron chi connectivity index (χ0n) is 11.5. The first-order valence-electron chi connectivity index (χ1n) is 6.32. The van der Waals surface area contributed by atoms with E-state index in [9.17, 15) is 0 Å². The Morgan fingerprint density at radius 1 is 1.17 bits per heavy atom. The second-order valence-electron chi connectivity index (χ2n) is 3.95. The lowest BCUT2D eigenvalue weighted by Gasteiger charge is -2.11. The lowest BCUT2D eigenvalue weighted by atomic mass is 10.2. The summed E-state index contributed by atoms with van der Waals surface area (Å²) in [5.74, 6) is 1.62. The van der Waals surface area contributed by atoms with E-state index in [1.807, 2.05) is 19.1 Å². The van der Waals surface area contributed by atoms with E-state index in [2.05, 4.69) is 18.3 Å². The average molecular weight is 274 g/mol. The van der Waals surface area contributed by atoms with E-state index in [4.69, 9.17) is 9.47 Å². The molecule has 0 fully saturated rings. The third-order valence-electron chi connectivity index (χ3n) is 2.56. The number of nitrogens with one attached hydrogen (secondary N) is 1. The Morgan fingerprint density at radius 2 is 1.94 bits per heavy atom. The Labute approximate surface area is 116 Å². The summed E-state index contributed by atoms with van der Waals surface area (Å²) < 4.78 is 10.8. The molecular weight excluding hydrogens is 250 g/mol. The van der Waals surface area contributed by atoms with Crippen molar-refractivity contribution in [1.82, 2.24) is 5.32 Å². The van der Waals surface area contributed by atoms with Crippen molar-refractivity contribution in [3.05, 3.63) is 23.8 Å². The Hall–Kier alpha value is -0.930. The van der Waals surface area contributed by atoms with E-state index in [1.165, 1.54) is 18.4 Å². The lowest BCUT2D eigenvalue weighted by molar-refractivity contribution is 0.310. The minimum absolute atomic E-state index is 0. The molecule has 1 aromatic rings. The van der Waals surface area contributed by atoms with Crippen LogP contribution in [0.1, 0.15) is 32.3 Å². The molecule has 18 heavy (non-hydrogen) atoms. The molecule has 0 spiro atoms. The standard InChI is InChI=1S/C14H23NO2.ClH/c1-4-6-9-15-11-12-7-8-13(16-3)14(10-12)17-5-2;/h7-8,10,15H,4-6,9,11H2,1-3H3;1H. The Morgan fingerprint density at radius 3 is 2.56 bits per heavy atom. The number of rotatable bonds is 8. The smallest absolute Gasteiger partial charge is 0.161 e. The maximum absolute atomic E-state index is 5.54. The van der Waals surface area contributed by atoms with Crippen LogP contribution in [-0.2, 0) is 6.54 Å². The van der Waals surface area contributed by atoms with Gasteiger partial charge in [-0.2, -0.15) is 0 Å². The zero-order valence-corrected chi connectivity index (χ0v) is 12.3. The molecule has 0 aliphatic carbocycles. The molecule has 0 aliphatic heterocycles. The lowest BCUT2D eigenvalue weighted by Crippen LogP contribution is -2.14. The van der Waals surface area contributed by atoms with Crippen LogP contribution in [0, 0.1) is 0 Å². The molecule has 0 amide bonds. The summed E-state index contributed by atoms with van der Waals surface area (Å²) in [5, 5.41) is 3.41. The number of ether oxygens (including phenoxy) is 2. The molecule has 0 heterocycles. The van der Waals surface area contributed by atoms with E-state index in [0.29, 0.717) is 6.61 Å². The van der Waals surface area contributed by atoms with Crippen LogP contribution in [0.5, 0.6) is 11.5 Å². The molecule has 0 atom stereocenters. The highest BCUT2D eigenvalue weighted by atomic mass is 35.5. The molecule has 1 aromatic carbocycles. The van der Waals surface area contributed by atoms with Gasteiger partial charge in [-0.15, -0.1) is 12.4 Å². The predicted molar refractivity (Wildman–Crippen MR) is 78.0 cm³/mol. The van der Waals surface area contributed by atoms with Crippen molar-refractivity contribution in [1.29, 1.82) is 0 Å². The molecule has 0 bridgehead atoms. The fourth-order valence-electron chi connectivity index (χ4n) is 1.63. The number of benzene rings is 1. The number of hydrogen-bond acceptors (Lipinski definition) is 3. The van der Waals surface area contributed by atoms with Gasteiger partial charge in [-0.05, 0) is 37.6 Å². The van der Waals surface area contributed by atoms with Crippen molar-refractivity contribution < 1.29 is 9.47 Å². The fraction of sp³-hybridized carbons (Fsp3) is 0.571. The van der Waals surface area contributed by atoms with Crippen LogP contribution in [0.3, 0.4) is 0 Å². The van der Waals surface area contributed by atoms with Crippen molar-refractivity contribution in [2.75, 3.05) is 20.3 Å². The highest BCUT2D eigenvalue weighted by Crippen LogP contribution is 2.27. The molecule has 3 nitrogen and oxygen atoms in total. The maximum atomic E-state index is 5.54. The molecule has 1 N–H and O–H groups in total. The van der Waals surface area contributed by atoms with Gasteiger partial charge in [0.15, 0.2) is 11.5 Å². The van der Waals surface area contributed by atoms with Gasteiger partial charge in [-0.25, -0.2) is 0 Å². The molecule has 1 rings (SSSR count). The molecule has 0 saturated carbocycles. The first-order chi connectivity index (χ1) is 8.31. The normalized spacial score (nSPS) is 9.72. The van der Waals surface area contributed by atoms with Gasteiger partial charge in [0, 0.05) is 6.54 Å². The zero-order chi connectivity index (χ0) is 12.5. The molecule has 0 aromatic heterocycles. The topological polar surface area (TPSA) is 30.5 Å². The minimum Gasteiger partial charge on any atom is -0.493 e. The quantitative estimate of drug-likeness (QED) is 0.737. The average Bonchev–Trinajstić information content (AvgIpc) is 2.35. The van der Waals surface area contributed by atoms with Crippen LogP contribution in [0.4, 0.5) is 0 Å². The molecule has 0 aliphatic rings. The number of methoxy groups -OCH3 is 1. The second-order valence-corrected chi connectivity index (χ2v) is 3.95.